The summed E-state index contributed by atoms with van der Waals surface area (Å²) in [5.74, 6) is 1.54. The zero-order valence-electron chi connectivity index (χ0n) is 18.2. The molecule has 1 saturated heterocycles. The van der Waals surface area contributed by atoms with Crippen LogP contribution in [0.3, 0.4) is 0 Å². The Balaban J connectivity index is 1.51. The smallest absolute Gasteiger partial charge is 0.244 e. The summed E-state index contributed by atoms with van der Waals surface area (Å²) in [6.45, 7) is 8.72. The number of aryl methyl sites for hydroxylation is 1. The molecule has 1 aromatic carbocycles. The number of hydrogen-bond donors (Lipinski definition) is 2. The minimum absolute atomic E-state index is 0.0303. The first-order chi connectivity index (χ1) is 15.0. The second kappa shape index (κ2) is 9.15. The monoisotopic (exact) mass is 420 g/mol. The highest BCUT2D eigenvalue weighted by Gasteiger charge is 2.48. The normalized spacial score (nSPS) is 26.5. The molecular formula is C26H32N2O3. The van der Waals surface area contributed by atoms with Crippen LogP contribution in [0, 0.1) is 12.8 Å². The summed E-state index contributed by atoms with van der Waals surface area (Å²) in [7, 11) is 0. The average Bonchev–Trinajstić information content (AvgIpc) is 3.17. The van der Waals surface area contributed by atoms with Crippen molar-refractivity contribution in [3.63, 3.8) is 0 Å². The van der Waals surface area contributed by atoms with Crippen LogP contribution in [0.1, 0.15) is 42.6 Å². The minimum Gasteiger partial charge on any atom is -0.508 e. The van der Waals surface area contributed by atoms with Crippen LogP contribution in [0.15, 0.2) is 59.7 Å². The molecule has 0 unspecified atom stereocenters. The molecule has 3 atom stereocenters. The Hall–Kier alpha value is -2.79. The number of nitrogens with one attached hydrogen (secondary N) is 1. The molecule has 1 aromatic heterocycles. The van der Waals surface area contributed by atoms with Crippen LogP contribution < -0.4 is 5.32 Å². The molecule has 2 N–H and O–H groups in total. The van der Waals surface area contributed by atoms with Crippen LogP contribution in [-0.2, 0) is 10.2 Å². The Morgan fingerprint density at radius 3 is 3.00 bits per heavy atom. The van der Waals surface area contributed by atoms with Gasteiger partial charge in [0.25, 0.3) is 0 Å². The van der Waals surface area contributed by atoms with Crippen LogP contribution >= 0.6 is 0 Å². The third kappa shape index (κ3) is 4.62. The standard InChI is InChI=1S/C26H32N2O3/c1-3-13-28-14-12-26(21-5-4-6-24(29)16-21)17-23(9-8-22(26)18-28)27-25(30)10-7-20-11-15-31-19(20)2/h3-7,10-11,15-16,22-23,29H,1,8-9,12-14,17-18H2,2H3,(H,27,30)/b10-7+/t22-,23+,26+/m1/s1. The molecule has 2 heterocycles. The first-order valence-electron chi connectivity index (χ1n) is 11.2. The lowest BCUT2D eigenvalue weighted by atomic mass is 9.58. The molecule has 1 saturated carbocycles. The van der Waals surface area contributed by atoms with Crippen molar-refractivity contribution in [3.8, 4) is 5.75 Å². The van der Waals surface area contributed by atoms with Gasteiger partial charge in [-0.05, 0) is 74.9 Å². The SMILES string of the molecule is C=CCN1CC[C@@]2(c3cccc(O)c3)C[C@@H](NC(=O)/C=C/c3ccoc3C)CC[C@@H]2C1. The fraction of sp³-hybridized carbons (Fsp3) is 0.423. The molecule has 5 nitrogen and oxygen atoms in total. The lowest BCUT2D eigenvalue weighted by molar-refractivity contribution is -0.117. The Morgan fingerprint density at radius 1 is 1.39 bits per heavy atom. The van der Waals surface area contributed by atoms with Crippen molar-refractivity contribution in [1.29, 1.82) is 0 Å². The maximum Gasteiger partial charge on any atom is 0.244 e. The number of likely N-dealkylation sites (tertiary alicyclic amines) is 1. The van der Waals surface area contributed by atoms with E-state index in [4.69, 9.17) is 4.42 Å². The maximum absolute atomic E-state index is 12.6. The predicted molar refractivity (Wildman–Crippen MR) is 123 cm³/mol. The molecule has 31 heavy (non-hydrogen) atoms. The average molecular weight is 421 g/mol. The van der Waals surface area contributed by atoms with Crippen molar-refractivity contribution < 1.29 is 14.3 Å². The number of aromatic hydroxyl groups is 1. The van der Waals surface area contributed by atoms with Crippen molar-refractivity contribution in [1.82, 2.24) is 10.2 Å². The number of amides is 1. The topological polar surface area (TPSA) is 65.7 Å². The van der Waals surface area contributed by atoms with E-state index < -0.39 is 0 Å². The second-order valence-electron chi connectivity index (χ2n) is 8.95. The Kier molecular flexibility index (Phi) is 6.33. The number of phenolic OH excluding ortho intramolecular Hbond substituents is 1. The number of rotatable bonds is 6. The molecule has 164 valence electrons. The Bertz CT molecular complexity index is 963. The fourth-order valence-corrected chi connectivity index (χ4v) is 5.49. The van der Waals surface area contributed by atoms with Gasteiger partial charge in [0.1, 0.15) is 11.5 Å². The minimum atomic E-state index is -0.0702. The quantitative estimate of drug-likeness (QED) is 0.536. The number of carbonyl (C=O) groups excluding carboxylic acids is 1. The van der Waals surface area contributed by atoms with E-state index in [9.17, 15) is 9.90 Å². The van der Waals surface area contributed by atoms with E-state index in [1.54, 1.807) is 24.5 Å². The summed E-state index contributed by atoms with van der Waals surface area (Å²) in [4.78, 5) is 15.1. The second-order valence-corrected chi connectivity index (χ2v) is 8.95. The summed E-state index contributed by atoms with van der Waals surface area (Å²) in [5.41, 5.74) is 2.08. The number of carbonyl (C=O) groups is 1. The lowest BCUT2D eigenvalue weighted by Gasteiger charge is -2.53. The van der Waals surface area contributed by atoms with Crippen LogP contribution in [0.25, 0.3) is 6.08 Å². The molecule has 4 rings (SSSR count). The molecule has 2 aromatic rings. The Morgan fingerprint density at radius 2 is 2.26 bits per heavy atom. The van der Waals surface area contributed by atoms with E-state index in [0.29, 0.717) is 11.7 Å². The number of benzene rings is 1. The number of hydrogen-bond acceptors (Lipinski definition) is 4. The van der Waals surface area contributed by atoms with Crippen molar-refractivity contribution in [3.05, 3.63) is 72.2 Å². The molecule has 1 aliphatic carbocycles. The van der Waals surface area contributed by atoms with Crippen molar-refractivity contribution in [2.45, 2.75) is 44.1 Å². The zero-order chi connectivity index (χ0) is 21.8. The van der Waals surface area contributed by atoms with Crippen molar-refractivity contribution in [2.24, 2.45) is 5.92 Å². The molecule has 0 bridgehead atoms. The van der Waals surface area contributed by atoms with Gasteiger partial charge in [0.05, 0.1) is 6.26 Å². The molecule has 1 aliphatic heterocycles. The van der Waals surface area contributed by atoms with Crippen LogP contribution in [0.5, 0.6) is 5.75 Å². The molecule has 0 spiro atoms. The number of nitrogens with zero attached hydrogens (tertiary/aromatic N) is 1. The first-order valence-corrected chi connectivity index (χ1v) is 11.2. The third-order valence-electron chi connectivity index (χ3n) is 7.08. The highest BCUT2D eigenvalue weighted by molar-refractivity contribution is 5.92. The molecule has 5 heteroatoms. The van der Waals surface area contributed by atoms with Crippen LogP contribution in [0.2, 0.25) is 0 Å². The van der Waals surface area contributed by atoms with Crippen LogP contribution in [-0.4, -0.2) is 41.6 Å². The largest absolute Gasteiger partial charge is 0.508 e. The van der Waals surface area contributed by atoms with E-state index in [1.807, 2.05) is 31.2 Å². The Labute approximate surface area is 184 Å². The fourth-order valence-electron chi connectivity index (χ4n) is 5.49. The van der Waals surface area contributed by atoms with Gasteiger partial charge in [-0.1, -0.05) is 18.2 Å². The van der Waals surface area contributed by atoms with E-state index in [2.05, 4.69) is 22.9 Å². The van der Waals surface area contributed by atoms with Gasteiger partial charge in [0.2, 0.25) is 5.91 Å². The number of furan rings is 1. The van der Waals surface area contributed by atoms with Gasteiger partial charge < -0.3 is 14.8 Å². The van der Waals surface area contributed by atoms with Gasteiger partial charge in [-0.15, -0.1) is 6.58 Å². The van der Waals surface area contributed by atoms with Crippen LogP contribution in [0.4, 0.5) is 0 Å². The van der Waals surface area contributed by atoms with Gasteiger partial charge in [-0.2, -0.15) is 0 Å². The molecule has 1 amide bonds. The van der Waals surface area contributed by atoms with Gasteiger partial charge in [0.15, 0.2) is 0 Å². The van der Waals surface area contributed by atoms with E-state index in [0.717, 1.165) is 56.6 Å². The molecule has 0 radical (unpaired) electrons. The van der Waals surface area contributed by atoms with Crippen molar-refractivity contribution >= 4 is 12.0 Å². The summed E-state index contributed by atoms with van der Waals surface area (Å²) in [5, 5.41) is 13.4. The van der Waals surface area contributed by atoms with Gasteiger partial charge in [-0.3, -0.25) is 9.69 Å². The zero-order valence-corrected chi connectivity index (χ0v) is 18.2. The predicted octanol–water partition coefficient (Wildman–Crippen LogP) is 4.42. The summed E-state index contributed by atoms with van der Waals surface area (Å²) in [6, 6.07) is 9.70. The summed E-state index contributed by atoms with van der Waals surface area (Å²) in [6.07, 6.45) is 10.9. The third-order valence-corrected chi connectivity index (χ3v) is 7.08. The summed E-state index contributed by atoms with van der Waals surface area (Å²) < 4.78 is 5.29. The summed E-state index contributed by atoms with van der Waals surface area (Å²) >= 11 is 0. The highest BCUT2D eigenvalue weighted by atomic mass is 16.3. The van der Waals surface area contributed by atoms with E-state index >= 15 is 0 Å². The van der Waals surface area contributed by atoms with E-state index in [1.165, 1.54) is 5.56 Å². The maximum atomic E-state index is 12.6. The molecular weight excluding hydrogens is 388 g/mol. The lowest BCUT2D eigenvalue weighted by Crippen LogP contribution is -2.56. The molecule has 2 aliphatic rings. The van der Waals surface area contributed by atoms with Gasteiger partial charge in [0, 0.05) is 36.2 Å². The van der Waals surface area contributed by atoms with E-state index in [-0.39, 0.29) is 17.4 Å². The number of piperidine rings is 1. The molecule has 2 fully saturated rings. The van der Waals surface area contributed by atoms with Gasteiger partial charge in [-0.25, -0.2) is 0 Å². The van der Waals surface area contributed by atoms with Gasteiger partial charge >= 0.3 is 0 Å². The van der Waals surface area contributed by atoms with Crippen molar-refractivity contribution in [2.75, 3.05) is 19.6 Å². The number of fused-ring (bicyclic) bond motifs is 1. The first kappa shape index (κ1) is 21.4. The highest BCUT2D eigenvalue weighted by Crippen LogP contribution is 2.49. The number of phenols is 1.